The van der Waals surface area contributed by atoms with Gasteiger partial charge in [0, 0.05) is 19.2 Å². The van der Waals surface area contributed by atoms with Gasteiger partial charge < -0.3 is 10.1 Å². The number of aromatic nitrogens is 3. The lowest BCUT2D eigenvalue weighted by Crippen LogP contribution is -2.01. The lowest BCUT2D eigenvalue weighted by molar-refractivity contribution is 0.416. The van der Waals surface area contributed by atoms with Gasteiger partial charge in [-0.3, -0.25) is 4.68 Å². The maximum absolute atomic E-state index is 13.5. The highest BCUT2D eigenvalue weighted by atomic mass is 19.1. The van der Waals surface area contributed by atoms with Gasteiger partial charge in [-0.25, -0.2) is 8.78 Å². The Morgan fingerprint density at radius 2 is 2.05 bits per heavy atom. The Balaban J connectivity index is 2.27. The lowest BCUT2D eigenvalue weighted by Gasteiger charge is -2.07. The first-order valence-corrected chi connectivity index (χ1v) is 5.77. The van der Waals surface area contributed by atoms with E-state index in [0.717, 1.165) is 6.07 Å². The van der Waals surface area contributed by atoms with Crippen molar-refractivity contribution in [3.05, 3.63) is 30.1 Å². The van der Waals surface area contributed by atoms with Crippen molar-refractivity contribution in [2.24, 2.45) is 0 Å². The molecule has 5 nitrogen and oxygen atoms in total. The molecule has 2 rings (SSSR count). The van der Waals surface area contributed by atoms with Crippen LogP contribution in [0.3, 0.4) is 0 Å². The number of halogens is 2. The second kappa shape index (κ2) is 5.21. The summed E-state index contributed by atoms with van der Waals surface area (Å²) in [7, 11) is 1.49. The van der Waals surface area contributed by atoms with E-state index in [1.165, 1.54) is 13.2 Å². The molecule has 0 aliphatic carbocycles. The second-order valence-corrected chi connectivity index (χ2v) is 4.21. The molecule has 19 heavy (non-hydrogen) atoms. The molecule has 102 valence electrons. The van der Waals surface area contributed by atoms with E-state index in [4.69, 9.17) is 4.74 Å². The van der Waals surface area contributed by atoms with E-state index < -0.39 is 11.6 Å². The van der Waals surface area contributed by atoms with Crippen molar-refractivity contribution in [3.8, 4) is 11.6 Å². The molecule has 1 N–H and O–H groups in total. The number of rotatable bonds is 4. The number of pyridine rings is 1. The third kappa shape index (κ3) is 2.81. The summed E-state index contributed by atoms with van der Waals surface area (Å²) in [5.74, 6) is -1.67. The number of anilines is 1. The fraction of sp³-hybridized carbons (Fsp3) is 0.333. The van der Waals surface area contributed by atoms with Gasteiger partial charge in [0.2, 0.25) is 0 Å². The fourth-order valence-electron chi connectivity index (χ4n) is 1.46. The van der Waals surface area contributed by atoms with E-state index in [0.29, 0.717) is 5.75 Å². The monoisotopic (exact) mass is 268 g/mol. The van der Waals surface area contributed by atoms with Gasteiger partial charge in [0.1, 0.15) is 0 Å². The predicted octanol–water partition coefficient (Wildman–Crippen LogP) is 2.97. The smallest absolute Gasteiger partial charge is 0.258 e. The van der Waals surface area contributed by atoms with E-state index in [9.17, 15) is 8.78 Å². The van der Waals surface area contributed by atoms with Gasteiger partial charge >= 0.3 is 0 Å². The first kappa shape index (κ1) is 13.3. The van der Waals surface area contributed by atoms with Crippen LogP contribution >= 0.6 is 0 Å². The zero-order valence-corrected chi connectivity index (χ0v) is 10.8. The SMILES string of the molecule is CNc1nc(Oc2cnn(C(C)C)c2)c(F)cc1F. The van der Waals surface area contributed by atoms with Crippen LogP contribution in [0.15, 0.2) is 18.5 Å². The highest BCUT2D eigenvalue weighted by Gasteiger charge is 2.14. The van der Waals surface area contributed by atoms with Gasteiger partial charge in [-0.1, -0.05) is 0 Å². The lowest BCUT2D eigenvalue weighted by atomic mass is 10.4. The van der Waals surface area contributed by atoms with Crippen molar-refractivity contribution < 1.29 is 13.5 Å². The molecule has 0 radical (unpaired) electrons. The van der Waals surface area contributed by atoms with Crippen LogP contribution in [0.25, 0.3) is 0 Å². The molecule has 2 aromatic heterocycles. The van der Waals surface area contributed by atoms with E-state index in [-0.39, 0.29) is 17.7 Å². The molecule has 0 saturated carbocycles. The minimum Gasteiger partial charge on any atom is -0.433 e. The highest BCUT2D eigenvalue weighted by Crippen LogP contribution is 2.25. The largest absolute Gasteiger partial charge is 0.433 e. The predicted molar refractivity (Wildman–Crippen MR) is 66.4 cm³/mol. The summed E-state index contributed by atoms with van der Waals surface area (Å²) in [6.07, 6.45) is 3.07. The molecule has 0 aromatic carbocycles. The second-order valence-electron chi connectivity index (χ2n) is 4.21. The van der Waals surface area contributed by atoms with Gasteiger partial charge in [-0.15, -0.1) is 0 Å². The molecule has 7 heteroatoms. The van der Waals surface area contributed by atoms with Crippen LogP contribution in [0.2, 0.25) is 0 Å². The molecule has 0 saturated heterocycles. The van der Waals surface area contributed by atoms with Gasteiger partial charge in [-0.2, -0.15) is 10.1 Å². The van der Waals surface area contributed by atoms with Crippen LogP contribution in [-0.2, 0) is 0 Å². The number of nitrogens with zero attached hydrogens (tertiary/aromatic N) is 3. The van der Waals surface area contributed by atoms with Crippen molar-refractivity contribution in [3.63, 3.8) is 0 Å². The molecule has 0 spiro atoms. The molecule has 0 fully saturated rings. The van der Waals surface area contributed by atoms with Gasteiger partial charge in [0.15, 0.2) is 23.2 Å². The van der Waals surface area contributed by atoms with E-state index in [2.05, 4.69) is 15.4 Å². The minimum atomic E-state index is -0.867. The maximum atomic E-state index is 13.5. The maximum Gasteiger partial charge on any atom is 0.258 e. The zero-order chi connectivity index (χ0) is 14.0. The Bertz CT molecular complexity index is 583. The third-order valence-corrected chi connectivity index (χ3v) is 2.46. The molecule has 0 amide bonds. The van der Waals surface area contributed by atoms with E-state index in [1.54, 1.807) is 10.9 Å². The Kier molecular flexibility index (Phi) is 3.64. The topological polar surface area (TPSA) is 52.0 Å². The normalized spacial score (nSPS) is 10.8. The summed E-state index contributed by atoms with van der Waals surface area (Å²) >= 11 is 0. The fourth-order valence-corrected chi connectivity index (χ4v) is 1.46. The number of ether oxygens (including phenoxy) is 1. The zero-order valence-electron chi connectivity index (χ0n) is 10.8. The molecule has 0 aliphatic rings. The molecular weight excluding hydrogens is 254 g/mol. The Morgan fingerprint density at radius 3 is 2.63 bits per heavy atom. The number of hydrogen-bond donors (Lipinski definition) is 1. The van der Waals surface area contributed by atoms with Crippen LogP contribution in [-0.4, -0.2) is 21.8 Å². The Morgan fingerprint density at radius 1 is 1.32 bits per heavy atom. The molecule has 0 aliphatic heterocycles. The van der Waals surface area contributed by atoms with Crippen LogP contribution in [0.4, 0.5) is 14.6 Å². The number of nitrogens with one attached hydrogen (secondary N) is 1. The summed E-state index contributed by atoms with van der Waals surface area (Å²) in [5.41, 5.74) is 0. The molecule has 2 heterocycles. The molecule has 0 bridgehead atoms. The standard InChI is InChI=1S/C12H14F2N4O/c1-7(2)18-6-8(5-16-18)19-12-10(14)4-9(13)11(15-3)17-12/h4-7H,1-3H3,(H,15,17). The van der Waals surface area contributed by atoms with Crippen molar-refractivity contribution in [2.75, 3.05) is 12.4 Å². The Hall–Kier alpha value is -2.18. The van der Waals surface area contributed by atoms with E-state index in [1.807, 2.05) is 13.8 Å². The molecule has 0 atom stereocenters. The minimum absolute atomic E-state index is 0.0762. The van der Waals surface area contributed by atoms with Crippen molar-refractivity contribution in [2.45, 2.75) is 19.9 Å². The van der Waals surface area contributed by atoms with Gasteiger partial charge in [-0.05, 0) is 13.8 Å². The van der Waals surface area contributed by atoms with Crippen LogP contribution in [0.5, 0.6) is 11.6 Å². The average Bonchev–Trinajstić information content (AvgIpc) is 2.81. The summed E-state index contributed by atoms with van der Waals surface area (Å²) in [4.78, 5) is 3.72. The van der Waals surface area contributed by atoms with Gasteiger partial charge in [0.05, 0.1) is 12.4 Å². The first-order valence-electron chi connectivity index (χ1n) is 5.77. The van der Waals surface area contributed by atoms with Crippen LogP contribution in [0, 0.1) is 11.6 Å². The summed E-state index contributed by atoms with van der Waals surface area (Å²) in [6.45, 7) is 3.90. The first-order chi connectivity index (χ1) is 9.01. The molecular formula is C12H14F2N4O. The van der Waals surface area contributed by atoms with Crippen LogP contribution < -0.4 is 10.1 Å². The number of hydrogen-bond acceptors (Lipinski definition) is 4. The third-order valence-electron chi connectivity index (χ3n) is 2.46. The quantitative estimate of drug-likeness (QED) is 0.926. The molecule has 2 aromatic rings. The summed E-state index contributed by atoms with van der Waals surface area (Å²) in [6, 6.07) is 0.886. The Labute approximate surface area is 109 Å². The summed E-state index contributed by atoms with van der Waals surface area (Å²) < 4.78 is 33.7. The van der Waals surface area contributed by atoms with Crippen molar-refractivity contribution in [1.29, 1.82) is 0 Å². The average molecular weight is 268 g/mol. The van der Waals surface area contributed by atoms with Crippen molar-refractivity contribution in [1.82, 2.24) is 14.8 Å². The van der Waals surface area contributed by atoms with Gasteiger partial charge in [0.25, 0.3) is 5.88 Å². The molecule has 0 unspecified atom stereocenters. The van der Waals surface area contributed by atoms with E-state index >= 15 is 0 Å². The summed E-state index contributed by atoms with van der Waals surface area (Å²) in [5, 5.41) is 6.57. The highest BCUT2D eigenvalue weighted by molar-refractivity contribution is 5.39. The van der Waals surface area contributed by atoms with Crippen molar-refractivity contribution >= 4 is 5.82 Å². The van der Waals surface area contributed by atoms with Crippen LogP contribution in [0.1, 0.15) is 19.9 Å².